The number of methoxy groups -OCH3 is 1. The lowest BCUT2D eigenvalue weighted by Gasteiger charge is -2.30. The van der Waals surface area contributed by atoms with Gasteiger partial charge in [-0.05, 0) is 66.6 Å². The van der Waals surface area contributed by atoms with Crippen molar-refractivity contribution in [2.24, 2.45) is 5.92 Å². The van der Waals surface area contributed by atoms with Gasteiger partial charge in [-0.25, -0.2) is 4.90 Å². The normalized spacial score (nSPS) is 19.6. The number of ether oxygens (including phenoxy) is 1. The molecule has 6 rings (SSSR count). The van der Waals surface area contributed by atoms with E-state index in [2.05, 4.69) is 21.2 Å². The van der Waals surface area contributed by atoms with Gasteiger partial charge in [0.15, 0.2) is 0 Å². The Morgan fingerprint density at radius 3 is 2.41 bits per heavy atom. The number of aryl methyl sites for hydroxylation is 1. The number of nitrogens with zero attached hydrogens (tertiary/aromatic N) is 2. The van der Waals surface area contributed by atoms with Gasteiger partial charge in [-0.2, -0.15) is 0 Å². The molecule has 3 heterocycles. The van der Waals surface area contributed by atoms with Gasteiger partial charge in [0.05, 0.1) is 23.7 Å². The molecular formula is C30H24BrN3O5S2. The summed E-state index contributed by atoms with van der Waals surface area (Å²) in [6.07, 6.45) is 0. The van der Waals surface area contributed by atoms with E-state index in [0.29, 0.717) is 27.0 Å². The summed E-state index contributed by atoms with van der Waals surface area (Å²) < 4.78 is 7.58. The van der Waals surface area contributed by atoms with Crippen LogP contribution in [0.5, 0.6) is 5.75 Å². The number of nitrogens with one attached hydrogen (secondary N) is 1. The molecule has 11 heteroatoms. The van der Waals surface area contributed by atoms with Crippen LogP contribution in [-0.4, -0.2) is 34.6 Å². The molecule has 1 N–H and O–H groups in total. The number of amides is 3. The average Bonchev–Trinajstić information content (AvgIpc) is 3.40. The van der Waals surface area contributed by atoms with E-state index in [-0.39, 0.29) is 29.1 Å². The maximum Gasteiger partial charge on any atom is 0.308 e. The Kier molecular flexibility index (Phi) is 7.35. The van der Waals surface area contributed by atoms with Crippen LogP contribution >= 0.6 is 39.0 Å². The van der Waals surface area contributed by atoms with Crippen LogP contribution in [0.3, 0.4) is 0 Å². The average molecular weight is 651 g/mol. The molecule has 0 aliphatic carbocycles. The quantitative estimate of drug-likeness (QED) is 0.280. The number of fused-ring (bicyclic) bond motifs is 2. The molecule has 4 aromatic rings. The monoisotopic (exact) mass is 649 g/mol. The number of thiazole rings is 1. The minimum Gasteiger partial charge on any atom is -0.497 e. The maximum atomic E-state index is 14.0. The summed E-state index contributed by atoms with van der Waals surface area (Å²) in [6, 6.07) is 21.8. The minimum atomic E-state index is -0.758. The van der Waals surface area contributed by atoms with Gasteiger partial charge in [-0.1, -0.05) is 63.3 Å². The van der Waals surface area contributed by atoms with Crippen LogP contribution in [0.25, 0.3) is 0 Å². The van der Waals surface area contributed by atoms with Gasteiger partial charge in [0.25, 0.3) is 0 Å². The fourth-order valence-electron chi connectivity index (χ4n) is 5.34. The standard InChI is InChI=1S/C30H24BrN3O5S2/c1-16-4-3-5-19(14-16)32-22(35)15-33-29-26(41-30(33)38)23(17-6-12-21(39-2)13-7-17)24-25(40-29)28(37)34(27(24)36)20-10-8-18(31)9-11-20/h3-14,23-25H,15H2,1-2H3,(H,32,35). The smallest absolute Gasteiger partial charge is 0.308 e. The van der Waals surface area contributed by atoms with E-state index < -0.39 is 17.1 Å². The first-order valence-electron chi connectivity index (χ1n) is 12.8. The number of aromatic nitrogens is 1. The Bertz CT molecular complexity index is 1730. The molecule has 208 valence electrons. The molecule has 2 aliphatic rings. The Balaban J connectivity index is 1.41. The summed E-state index contributed by atoms with van der Waals surface area (Å²) in [5, 5.41) is 2.64. The Morgan fingerprint density at radius 2 is 1.73 bits per heavy atom. The highest BCUT2D eigenvalue weighted by Gasteiger charge is 2.56. The third-order valence-electron chi connectivity index (χ3n) is 7.21. The van der Waals surface area contributed by atoms with Crippen molar-refractivity contribution >= 4 is 68.1 Å². The summed E-state index contributed by atoms with van der Waals surface area (Å²) in [5.41, 5.74) is 2.91. The van der Waals surface area contributed by atoms with E-state index in [9.17, 15) is 19.2 Å². The molecule has 0 saturated carbocycles. The van der Waals surface area contributed by atoms with Crippen LogP contribution in [0.15, 0.2) is 87.1 Å². The van der Waals surface area contributed by atoms with Crippen LogP contribution in [0, 0.1) is 12.8 Å². The van der Waals surface area contributed by atoms with Gasteiger partial charge in [0.1, 0.15) is 17.5 Å². The minimum absolute atomic E-state index is 0.211. The van der Waals surface area contributed by atoms with Gasteiger partial charge < -0.3 is 10.1 Å². The highest BCUT2D eigenvalue weighted by atomic mass is 79.9. The molecule has 0 radical (unpaired) electrons. The highest BCUT2D eigenvalue weighted by Crippen LogP contribution is 2.54. The van der Waals surface area contributed by atoms with E-state index in [1.165, 1.54) is 21.2 Å². The van der Waals surface area contributed by atoms with Crippen LogP contribution in [0.2, 0.25) is 0 Å². The lowest BCUT2D eigenvalue weighted by atomic mass is 9.83. The number of halogens is 1. The summed E-state index contributed by atoms with van der Waals surface area (Å²) in [6.45, 7) is 1.72. The molecule has 2 aliphatic heterocycles. The summed E-state index contributed by atoms with van der Waals surface area (Å²) in [7, 11) is 1.57. The fourth-order valence-corrected chi connectivity index (χ4v) is 8.37. The van der Waals surface area contributed by atoms with Crippen LogP contribution in [0.4, 0.5) is 11.4 Å². The predicted octanol–water partition coefficient (Wildman–Crippen LogP) is 5.42. The molecule has 41 heavy (non-hydrogen) atoms. The lowest BCUT2D eigenvalue weighted by molar-refractivity contribution is -0.122. The van der Waals surface area contributed by atoms with E-state index in [4.69, 9.17) is 4.74 Å². The van der Waals surface area contributed by atoms with Crippen molar-refractivity contribution in [1.82, 2.24) is 4.57 Å². The molecule has 0 bridgehead atoms. The number of benzene rings is 3. The SMILES string of the molecule is COc1ccc(C2c3sc(=O)n(CC(=O)Nc4cccc(C)c4)c3SC3C(=O)N(c4ccc(Br)cc4)C(=O)C32)cc1. The first-order valence-corrected chi connectivity index (χ1v) is 15.3. The Morgan fingerprint density at radius 1 is 1.00 bits per heavy atom. The highest BCUT2D eigenvalue weighted by molar-refractivity contribution is 9.10. The lowest BCUT2D eigenvalue weighted by Crippen LogP contribution is -2.33. The van der Waals surface area contributed by atoms with Crippen molar-refractivity contribution < 1.29 is 19.1 Å². The second-order valence-electron chi connectivity index (χ2n) is 9.84. The van der Waals surface area contributed by atoms with E-state index in [0.717, 1.165) is 26.9 Å². The van der Waals surface area contributed by atoms with Gasteiger partial charge >= 0.3 is 4.87 Å². The molecule has 0 spiro atoms. The first kappa shape index (κ1) is 27.5. The number of rotatable bonds is 6. The third kappa shape index (κ3) is 5.02. The van der Waals surface area contributed by atoms with Gasteiger partial charge in [0, 0.05) is 21.0 Å². The Hall–Kier alpha value is -3.67. The number of hydrogen-bond acceptors (Lipinski definition) is 7. The zero-order valence-electron chi connectivity index (χ0n) is 22.0. The molecule has 8 nitrogen and oxygen atoms in total. The molecule has 1 fully saturated rings. The molecular weight excluding hydrogens is 626 g/mol. The van der Waals surface area contributed by atoms with Crippen molar-refractivity contribution in [2.75, 3.05) is 17.3 Å². The number of thioether (sulfide) groups is 1. The van der Waals surface area contributed by atoms with Crippen LogP contribution < -0.4 is 19.8 Å². The van der Waals surface area contributed by atoms with Crippen molar-refractivity contribution in [3.63, 3.8) is 0 Å². The van der Waals surface area contributed by atoms with Gasteiger partial charge in [-0.3, -0.25) is 23.7 Å². The number of imide groups is 1. The predicted molar refractivity (Wildman–Crippen MR) is 163 cm³/mol. The molecule has 3 amide bonds. The number of hydrogen-bond donors (Lipinski definition) is 1. The van der Waals surface area contributed by atoms with Crippen molar-refractivity contribution in [3.8, 4) is 5.75 Å². The molecule has 1 saturated heterocycles. The zero-order chi connectivity index (χ0) is 28.8. The number of carbonyl (C=O) groups is 3. The second kappa shape index (κ2) is 11.0. The van der Waals surface area contributed by atoms with Crippen molar-refractivity contribution in [1.29, 1.82) is 0 Å². The topological polar surface area (TPSA) is 97.7 Å². The molecule has 1 aromatic heterocycles. The van der Waals surface area contributed by atoms with E-state index >= 15 is 0 Å². The summed E-state index contributed by atoms with van der Waals surface area (Å²) in [4.78, 5) is 55.7. The van der Waals surface area contributed by atoms with Crippen LogP contribution in [-0.2, 0) is 20.9 Å². The van der Waals surface area contributed by atoms with Gasteiger partial charge in [-0.15, -0.1) is 0 Å². The van der Waals surface area contributed by atoms with Gasteiger partial charge in [0.2, 0.25) is 17.7 Å². The molecule has 3 unspecified atom stereocenters. The molecule has 3 atom stereocenters. The third-order valence-corrected chi connectivity index (χ3v) is 10.3. The summed E-state index contributed by atoms with van der Waals surface area (Å²) >= 11 is 5.62. The first-order chi connectivity index (χ1) is 19.7. The number of carbonyl (C=O) groups excluding carboxylic acids is 3. The van der Waals surface area contributed by atoms with E-state index in [1.54, 1.807) is 49.6 Å². The van der Waals surface area contributed by atoms with E-state index in [1.807, 2.05) is 37.3 Å². The van der Waals surface area contributed by atoms with Crippen molar-refractivity contribution in [2.45, 2.75) is 29.7 Å². The maximum absolute atomic E-state index is 14.0. The fraction of sp³-hybridized carbons (Fsp3) is 0.200. The second-order valence-corrected chi connectivity index (χ2v) is 12.9. The largest absolute Gasteiger partial charge is 0.497 e. The number of anilines is 2. The zero-order valence-corrected chi connectivity index (χ0v) is 25.2. The summed E-state index contributed by atoms with van der Waals surface area (Å²) in [5.74, 6) is -1.62. The Labute approximate surface area is 252 Å². The molecule has 3 aromatic carbocycles. The van der Waals surface area contributed by atoms with Crippen molar-refractivity contribution in [3.05, 3.63) is 103 Å². The van der Waals surface area contributed by atoms with Crippen LogP contribution in [0.1, 0.15) is 21.9 Å².